The van der Waals surface area contributed by atoms with Gasteiger partial charge in [0.1, 0.15) is 35.8 Å². The summed E-state index contributed by atoms with van der Waals surface area (Å²) in [6.07, 6.45) is 7.40. The molecule has 4 rings (SSSR count). The predicted molar refractivity (Wildman–Crippen MR) is 148 cm³/mol. The van der Waals surface area contributed by atoms with E-state index in [1.54, 1.807) is 13.2 Å². The van der Waals surface area contributed by atoms with Gasteiger partial charge in [-0.05, 0) is 76.9 Å². The first-order valence-electron chi connectivity index (χ1n) is 14.1. The van der Waals surface area contributed by atoms with Gasteiger partial charge in [0.05, 0.1) is 18.6 Å². The third-order valence-electron chi connectivity index (χ3n) is 8.37. The molecule has 0 N–H and O–H groups in total. The summed E-state index contributed by atoms with van der Waals surface area (Å²) < 4.78 is 30.0. The number of hydrogen-bond donors (Lipinski definition) is 0. The lowest BCUT2D eigenvalue weighted by Gasteiger charge is -2.42. The molecule has 1 spiro atoms. The van der Waals surface area contributed by atoms with Gasteiger partial charge in [0, 0.05) is 19.7 Å². The zero-order chi connectivity index (χ0) is 27.3. The van der Waals surface area contributed by atoms with Gasteiger partial charge in [0.25, 0.3) is 0 Å². The van der Waals surface area contributed by atoms with Crippen LogP contribution in [-0.4, -0.2) is 80.3 Å². The molecule has 6 atom stereocenters. The molecule has 0 radical (unpaired) electrons. The van der Waals surface area contributed by atoms with Crippen LogP contribution in [0.15, 0.2) is 42.0 Å². The van der Waals surface area contributed by atoms with Crippen LogP contribution in [0.2, 0.25) is 0 Å². The molecule has 0 amide bonds. The van der Waals surface area contributed by atoms with Crippen LogP contribution < -0.4 is 4.74 Å². The summed E-state index contributed by atoms with van der Waals surface area (Å²) in [6.45, 7) is 15.0. The van der Waals surface area contributed by atoms with Crippen LogP contribution in [0.3, 0.4) is 0 Å². The molecule has 1 aromatic carbocycles. The molecule has 2 aliphatic heterocycles. The van der Waals surface area contributed by atoms with E-state index in [1.165, 1.54) is 11.6 Å². The lowest BCUT2D eigenvalue weighted by molar-refractivity contribution is -0.166. The molecule has 0 bridgehead atoms. The molecular formula is C31H45NO6. The fraction of sp³-hybridized carbons (Fsp3) is 0.645. The van der Waals surface area contributed by atoms with E-state index in [4.69, 9.17) is 23.7 Å². The Morgan fingerprint density at radius 3 is 2.50 bits per heavy atom. The average Bonchev–Trinajstić information content (AvgIpc) is 3.82. The van der Waals surface area contributed by atoms with Crippen molar-refractivity contribution < 1.29 is 28.5 Å². The number of esters is 1. The molecule has 0 aromatic heterocycles. The van der Waals surface area contributed by atoms with Gasteiger partial charge >= 0.3 is 5.97 Å². The molecule has 2 heterocycles. The van der Waals surface area contributed by atoms with Crippen molar-refractivity contribution in [2.75, 3.05) is 40.0 Å². The van der Waals surface area contributed by atoms with E-state index >= 15 is 0 Å². The summed E-state index contributed by atoms with van der Waals surface area (Å²) in [5.41, 5.74) is 1.61. The van der Waals surface area contributed by atoms with Crippen LogP contribution in [0.4, 0.5) is 0 Å². The predicted octanol–water partition coefficient (Wildman–Crippen LogP) is 5.04. The molecule has 3 fully saturated rings. The number of benzene rings is 1. The van der Waals surface area contributed by atoms with Gasteiger partial charge in [0.2, 0.25) is 0 Å². The molecule has 7 heteroatoms. The standard InChI is InChI=1S/C31H45NO6/c1-7-32(8-2)19-20-35-24-13-10-23(11-14-24)12-16-27(33)37-25-17-18-31(21-36-31)29(28(25)34-6)30(5)26(38-30)15-9-22(3)4/h9-14,16,25-26,28-29H,7-8,15,17-21H2,1-6H3/t25-,26?,28-,29-,30?,31?/m1/s1. The van der Waals surface area contributed by atoms with Crippen LogP contribution in [0.5, 0.6) is 5.75 Å². The van der Waals surface area contributed by atoms with Crippen LogP contribution in [-0.2, 0) is 23.7 Å². The van der Waals surface area contributed by atoms with Crippen molar-refractivity contribution in [2.45, 2.75) is 83.4 Å². The highest BCUT2D eigenvalue weighted by Crippen LogP contribution is 2.59. The molecule has 1 saturated carbocycles. The lowest BCUT2D eigenvalue weighted by atomic mass is 9.68. The van der Waals surface area contributed by atoms with Crippen LogP contribution in [0.25, 0.3) is 6.08 Å². The first kappa shape index (κ1) is 28.8. The van der Waals surface area contributed by atoms with Crippen molar-refractivity contribution >= 4 is 12.0 Å². The first-order chi connectivity index (χ1) is 18.2. The maximum atomic E-state index is 12.8. The van der Waals surface area contributed by atoms with Crippen LogP contribution in [0.1, 0.15) is 59.4 Å². The van der Waals surface area contributed by atoms with Crippen molar-refractivity contribution in [3.63, 3.8) is 0 Å². The second-order valence-corrected chi connectivity index (χ2v) is 11.1. The Morgan fingerprint density at radius 2 is 1.89 bits per heavy atom. The Hall–Kier alpha value is -2.19. The number of hydrogen-bond acceptors (Lipinski definition) is 7. The summed E-state index contributed by atoms with van der Waals surface area (Å²) in [5, 5.41) is 0. The molecule has 7 nitrogen and oxygen atoms in total. The van der Waals surface area contributed by atoms with Gasteiger partial charge in [-0.2, -0.15) is 0 Å². The quantitative estimate of drug-likeness (QED) is 0.154. The van der Waals surface area contributed by atoms with E-state index < -0.39 is 0 Å². The SMILES string of the molecule is CCN(CC)CCOc1ccc(C=CC(=O)O[C@@H]2CCC3(CO3)[C@@H](C3(C)OC3CC=C(C)C)[C@@H]2OC)cc1. The minimum Gasteiger partial charge on any atom is -0.492 e. The van der Waals surface area contributed by atoms with Crippen molar-refractivity contribution in [2.24, 2.45) is 5.92 Å². The molecule has 3 aliphatic rings. The van der Waals surface area contributed by atoms with Crippen LogP contribution in [0, 0.1) is 5.92 Å². The summed E-state index contributed by atoms with van der Waals surface area (Å²) >= 11 is 0. The monoisotopic (exact) mass is 527 g/mol. The second kappa shape index (κ2) is 12.3. The van der Waals surface area contributed by atoms with Crippen LogP contribution >= 0.6 is 0 Å². The highest BCUT2D eigenvalue weighted by atomic mass is 16.6. The Bertz CT molecular complexity index is 992. The Morgan fingerprint density at radius 1 is 1.18 bits per heavy atom. The number of allylic oxidation sites excluding steroid dienone is 1. The van der Waals surface area contributed by atoms with E-state index in [1.807, 2.05) is 24.3 Å². The number of carbonyl (C=O) groups excluding carboxylic acids is 1. The van der Waals surface area contributed by atoms with Crippen molar-refractivity contribution in [1.82, 2.24) is 4.90 Å². The number of carbonyl (C=O) groups is 1. The van der Waals surface area contributed by atoms with E-state index in [0.29, 0.717) is 19.6 Å². The molecule has 210 valence electrons. The fourth-order valence-corrected chi connectivity index (χ4v) is 5.93. The Kier molecular flexibility index (Phi) is 9.35. The highest BCUT2D eigenvalue weighted by molar-refractivity contribution is 5.87. The number of rotatable bonds is 13. The minimum atomic E-state index is -0.369. The molecule has 1 aliphatic carbocycles. The number of ether oxygens (including phenoxy) is 5. The summed E-state index contributed by atoms with van der Waals surface area (Å²) in [7, 11) is 1.69. The molecule has 1 aromatic rings. The maximum Gasteiger partial charge on any atom is 0.331 e. The number of epoxide rings is 2. The lowest BCUT2D eigenvalue weighted by Crippen LogP contribution is -2.55. The average molecular weight is 528 g/mol. The van der Waals surface area contributed by atoms with Crippen molar-refractivity contribution in [3.8, 4) is 5.75 Å². The van der Waals surface area contributed by atoms with E-state index in [9.17, 15) is 4.79 Å². The van der Waals surface area contributed by atoms with E-state index in [2.05, 4.69) is 45.6 Å². The summed E-state index contributed by atoms with van der Waals surface area (Å²) in [6, 6.07) is 7.74. The second-order valence-electron chi connectivity index (χ2n) is 11.1. The van der Waals surface area contributed by atoms with Gasteiger partial charge in [-0.15, -0.1) is 0 Å². The number of likely N-dealkylation sites (N-methyl/N-ethyl adjacent to an activating group) is 1. The fourth-order valence-electron chi connectivity index (χ4n) is 5.93. The van der Waals surface area contributed by atoms with Gasteiger partial charge in [0.15, 0.2) is 0 Å². The molecule has 2 saturated heterocycles. The largest absolute Gasteiger partial charge is 0.492 e. The zero-order valence-corrected chi connectivity index (χ0v) is 23.9. The third-order valence-corrected chi connectivity index (χ3v) is 8.37. The van der Waals surface area contributed by atoms with Gasteiger partial charge in [-0.1, -0.05) is 37.6 Å². The maximum absolute atomic E-state index is 12.8. The Balaban J connectivity index is 1.32. The van der Waals surface area contributed by atoms with Gasteiger partial charge < -0.3 is 28.6 Å². The first-order valence-corrected chi connectivity index (χ1v) is 14.1. The summed E-state index contributed by atoms with van der Waals surface area (Å²) in [4.78, 5) is 15.1. The van der Waals surface area contributed by atoms with Crippen molar-refractivity contribution in [1.29, 1.82) is 0 Å². The molecule has 3 unspecified atom stereocenters. The zero-order valence-electron chi connectivity index (χ0n) is 23.9. The molecular weight excluding hydrogens is 482 g/mol. The van der Waals surface area contributed by atoms with Gasteiger partial charge in [-0.3, -0.25) is 0 Å². The van der Waals surface area contributed by atoms with Gasteiger partial charge in [-0.25, -0.2) is 4.79 Å². The molecule has 38 heavy (non-hydrogen) atoms. The van der Waals surface area contributed by atoms with E-state index in [0.717, 1.165) is 43.8 Å². The van der Waals surface area contributed by atoms with E-state index in [-0.39, 0.29) is 41.4 Å². The third kappa shape index (κ3) is 6.68. The minimum absolute atomic E-state index is 0.0142. The summed E-state index contributed by atoms with van der Waals surface area (Å²) in [5.74, 6) is 0.467. The smallest absolute Gasteiger partial charge is 0.331 e. The van der Waals surface area contributed by atoms with Crippen molar-refractivity contribution in [3.05, 3.63) is 47.6 Å². The number of nitrogens with zero attached hydrogens (tertiary/aromatic N) is 1. The highest BCUT2D eigenvalue weighted by Gasteiger charge is 2.72. The Labute approximate surface area is 228 Å². The number of methoxy groups -OCH3 is 1. The normalized spacial score (nSPS) is 32.0. The topological polar surface area (TPSA) is 73.1 Å².